The van der Waals surface area contributed by atoms with Gasteiger partial charge in [0.05, 0.1) is 6.54 Å². The van der Waals surface area contributed by atoms with Crippen LogP contribution in [-0.2, 0) is 16.1 Å². The molecule has 0 unspecified atom stereocenters. The number of carboxylic acid groups (broad SMARTS) is 1. The molecule has 1 fully saturated rings. The summed E-state index contributed by atoms with van der Waals surface area (Å²) in [6.07, 6.45) is 1.33. The average Bonchev–Trinajstić information content (AvgIpc) is 2.77. The average molecular weight is 292 g/mol. The molecule has 21 heavy (non-hydrogen) atoms. The van der Waals surface area contributed by atoms with E-state index in [9.17, 15) is 19.2 Å². The van der Waals surface area contributed by atoms with Crippen molar-refractivity contribution in [3.63, 3.8) is 0 Å². The smallest absolute Gasteiger partial charge is 0.354 e. The second kappa shape index (κ2) is 5.99. The van der Waals surface area contributed by atoms with E-state index in [2.05, 4.69) is 15.6 Å². The molecule has 0 atom stereocenters. The molecule has 1 aromatic heterocycles. The van der Waals surface area contributed by atoms with Crippen molar-refractivity contribution >= 4 is 23.8 Å². The Labute approximate surface area is 118 Å². The molecule has 0 spiro atoms. The summed E-state index contributed by atoms with van der Waals surface area (Å²) >= 11 is 0. The van der Waals surface area contributed by atoms with Crippen LogP contribution in [0.3, 0.4) is 0 Å². The van der Waals surface area contributed by atoms with Gasteiger partial charge in [-0.05, 0) is 11.6 Å². The third-order valence-electron chi connectivity index (χ3n) is 2.77. The van der Waals surface area contributed by atoms with Gasteiger partial charge in [0.25, 0.3) is 5.91 Å². The second-order valence-electron chi connectivity index (χ2n) is 4.27. The van der Waals surface area contributed by atoms with E-state index in [1.54, 1.807) is 0 Å². The minimum Gasteiger partial charge on any atom is -0.477 e. The van der Waals surface area contributed by atoms with E-state index in [0.717, 1.165) is 4.90 Å². The first-order valence-corrected chi connectivity index (χ1v) is 6.00. The van der Waals surface area contributed by atoms with Crippen molar-refractivity contribution in [1.82, 2.24) is 20.5 Å². The number of urea groups is 1. The van der Waals surface area contributed by atoms with Gasteiger partial charge in [-0.2, -0.15) is 0 Å². The van der Waals surface area contributed by atoms with E-state index in [4.69, 9.17) is 5.11 Å². The highest BCUT2D eigenvalue weighted by atomic mass is 16.4. The van der Waals surface area contributed by atoms with Crippen molar-refractivity contribution in [2.75, 3.05) is 13.1 Å². The van der Waals surface area contributed by atoms with Crippen LogP contribution in [-0.4, -0.2) is 51.9 Å². The van der Waals surface area contributed by atoms with E-state index >= 15 is 0 Å². The molecule has 1 aliphatic rings. The third-order valence-corrected chi connectivity index (χ3v) is 2.77. The Hall–Kier alpha value is -2.97. The Morgan fingerprint density at radius 1 is 1.38 bits per heavy atom. The standard InChI is InChI=1S/C12H12N4O5/c17-9(6-16-10(18)5-15-12(16)21)14-4-7-1-2-8(11(19)20)13-3-7/h1-3H,4-6H2,(H,14,17)(H,15,21)(H,19,20). The third kappa shape index (κ3) is 3.53. The summed E-state index contributed by atoms with van der Waals surface area (Å²) in [4.78, 5) is 49.3. The van der Waals surface area contributed by atoms with Crippen molar-refractivity contribution in [2.24, 2.45) is 0 Å². The fourth-order valence-electron chi connectivity index (χ4n) is 1.67. The number of aromatic carboxylic acids is 1. The Morgan fingerprint density at radius 3 is 2.67 bits per heavy atom. The number of hydrogen-bond acceptors (Lipinski definition) is 5. The summed E-state index contributed by atoms with van der Waals surface area (Å²) in [5.41, 5.74) is 0.509. The number of carboxylic acids is 1. The summed E-state index contributed by atoms with van der Waals surface area (Å²) < 4.78 is 0. The van der Waals surface area contributed by atoms with Gasteiger partial charge >= 0.3 is 12.0 Å². The summed E-state index contributed by atoms with van der Waals surface area (Å²) in [7, 11) is 0. The maximum absolute atomic E-state index is 11.6. The van der Waals surface area contributed by atoms with Gasteiger partial charge in [0.2, 0.25) is 5.91 Å². The molecular formula is C12H12N4O5. The van der Waals surface area contributed by atoms with Gasteiger partial charge in [-0.15, -0.1) is 0 Å². The van der Waals surface area contributed by atoms with Gasteiger partial charge in [0, 0.05) is 12.7 Å². The Bertz CT molecular complexity index is 582. The zero-order valence-corrected chi connectivity index (χ0v) is 10.8. The molecule has 0 bridgehead atoms. The van der Waals surface area contributed by atoms with E-state index < -0.39 is 23.8 Å². The molecule has 1 saturated heterocycles. The quantitative estimate of drug-likeness (QED) is 0.594. The SMILES string of the molecule is O=C(CN1C(=O)CNC1=O)NCc1ccc(C(=O)O)nc1. The predicted molar refractivity (Wildman–Crippen MR) is 68.2 cm³/mol. The van der Waals surface area contributed by atoms with E-state index in [1.165, 1.54) is 18.3 Å². The Kier molecular flexibility index (Phi) is 4.12. The van der Waals surface area contributed by atoms with Crippen LogP contribution in [0, 0.1) is 0 Å². The number of nitrogens with zero attached hydrogens (tertiary/aromatic N) is 2. The fraction of sp³-hybridized carbons (Fsp3) is 0.250. The molecule has 9 heteroatoms. The van der Waals surface area contributed by atoms with Crippen molar-refractivity contribution < 1.29 is 24.3 Å². The maximum Gasteiger partial charge on any atom is 0.354 e. The lowest BCUT2D eigenvalue weighted by Crippen LogP contribution is -2.40. The first-order valence-electron chi connectivity index (χ1n) is 6.00. The molecule has 0 aromatic carbocycles. The molecule has 1 aliphatic heterocycles. The number of rotatable bonds is 5. The molecule has 2 heterocycles. The Balaban J connectivity index is 1.85. The van der Waals surface area contributed by atoms with Crippen molar-refractivity contribution in [1.29, 1.82) is 0 Å². The lowest BCUT2D eigenvalue weighted by atomic mass is 10.2. The first-order chi connectivity index (χ1) is 9.97. The van der Waals surface area contributed by atoms with Gasteiger partial charge in [0.15, 0.2) is 0 Å². The van der Waals surface area contributed by atoms with Gasteiger partial charge < -0.3 is 15.7 Å². The van der Waals surface area contributed by atoms with Gasteiger partial charge in [-0.3, -0.25) is 14.5 Å². The molecule has 9 nitrogen and oxygen atoms in total. The van der Waals surface area contributed by atoms with Crippen LogP contribution in [0.25, 0.3) is 0 Å². The summed E-state index contributed by atoms with van der Waals surface area (Å²) in [6.45, 7) is -0.340. The second-order valence-corrected chi connectivity index (χ2v) is 4.27. The van der Waals surface area contributed by atoms with E-state index in [1.807, 2.05) is 0 Å². The number of aromatic nitrogens is 1. The van der Waals surface area contributed by atoms with Crippen LogP contribution in [0.15, 0.2) is 18.3 Å². The van der Waals surface area contributed by atoms with Crippen LogP contribution < -0.4 is 10.6 Å². The number of pyridine rings is 1. The molecule has 0 saturated carbocycles. The minimum absolute atomic E-state index is 0.0931. The largest absolute Gasteiger partial charge is 0.477 e. The van der Waals surface area contributed by atoms with Crippen LogP contribution >= 0.6 is 0 Å². The first kappa shape index (κ1) is 14.4. The van der Waals surface area contributed by atoms with Crippen molar-refractivity contribution in [2.45, 2.75) is 6.54 Å². The zero-order chi connectivity index (χ0) is 15.4. The summed E-state index contributed by atoms with van der Waals surface area (Å²) in [5, 5.41) is 13.5. The van der Waals surface area contributed by atoms with E-state index in [0.29, 0.717) is 5.56 Å². The summed E-state index contributed by atoms with van der Waals surface area (Å²) in [6, 6.07) is 2.24. The molecule has 2 rings (SSSR count). The number of hydrogen-bond donors (Lipinski definition) is 3. The highest BCUT2D eigenvalue weighted by Gasteiger charge is 2.29. The molecule has 4 amide bonds. The highest BCUT2D eigenvalue weighted by molar-refractivity contribution is 6.04. The molecule has 0 radical (unpaired) electrons. The monoisotopic (exact) mass is 292 g/mol. The molecule has 110 valence electrons. The van der Waals surface area contributed by atoms with Gasteiger partial charge in [-0.1, -0.05) is 6.07 Å². The van der Waals surface area contributed by atoms with Gasteiger partial charge in [0.1, 0.15) is 12.2 Å². The predicted octanol–water partition coefficient (Wildman–Crippen LogP) is -1.05. The molecule has 0 aliphatic carbocycles. The van der Waals surface area contributed by atoms with Crippen LogP contribution in [0.2, 0.25) is 0 Å². The molecule has 1 aromatic rings. The summed E-state index contributed by atoms with van der Waals surface area (Å²) in [5.74, 6) is -2.09. The topological polar surface area (TPSA) is 129 Å². The lowest BCUT2D eigenvalue weighted by molar-refractivity contribution is -0.130. The van der Waals surface area contributed by atoms with E-state index in [-0.39, 0.29) is 25.3 Å². The number of carbonyl (C=O) groups is 4. The number of nitrogens with one attached hydrogen (secondary N) is 2. The minimum atomic E-state index is -1.14. The maximum atomic E-state index is 11.6. The van der Waals surface area contributed by atoms with Crippen LogP contribution in [0.5, 0.6) is 0 Å². The normalized spacial score (nSPS) is 14.0. The number of carbonyl (C=O) groups excluding carboxylic acids is 3. The molecular weight excluding hydrogens is 280 g/mol. The molecule has 3 N–H and O–H groups in total. The van der Waals surface area contributed by atoms with Crippen molar-refractivity contribution in [3.05, 3.63) is 29.6 Å². The number of imide groups is 1. The lowest BCUT2D eigenvalue weighted by Gasteiger charge is -2.12. The van der Waals surface area contributed by atoms with Crippen molar-refractivity contribution in [3.8, 4) is 0 Å². The van der Waals surface area contributed by atoms with Crippen LogP contribution in [0.1, 0.15) is 16.1 Å². The highest BCUT2D eigenvalue weighted by Crippen LogP contribution is 2.01. The van der Waals surface area contributed by atoms with Gasteiger partial charge in [-0.25, -0.2) is 14.6 Å². The number of amides is 4. The zero-order valence-electron chi connectivity index (χ0n) is 10.8. The Morgan fingerprint density at radius 2 is 2.14 bits per heavy atom. The van der Waals surface area contributed by atoms with Crippen LogP contribution in [0.4, 0.5) is 4.79 Å². The fourth-order valence-corrected chi connectivity index (χ4v) is 1.67.